The molecule has 3 aromatic heterocycles. The van der Waals surface area contributed by atoms with E-state index in [4.69, 9.17) is 4.74 Å². The molecule has 1 aliphatic rings. The Labute approximate surface area is 162 Å². The molecule has 0 atom stereocenters. The van der Waals surface area contributed by atoms with E-state index in [-0.39, 0.29) is 5.56 Å². The van der Waals surface area contributed by atoms with Gasteiger partial charge in [-0.15, -0.1) is 0 Å². The molecule has 0 spiro atoms. The van der Waals surface area contributed by atoms with Crippen molar-refractivity contribution in [2.45, 2.75) is 13.5 Å². The molecule has 28 heavy (non-hydrogen) atoms. The van der Waals surface area contributed by atoms with E-state index in [2.05, 4.69) is 35.5 Å². The molecule has 4 heterocycles. The zero-order chi connectivity index (χ0) is 19.3. The van der Waals surface area contributed by atoms with Gasteiger partial charge in [0, 0.05) is 44.2 Å². The molecule has 1 aliphatic heterocycles. The topological polar surface area (TPSA) is 108 Å². The summed E-state index contributed by atoms with van der Waals surface area (Å²) in [6.07, 6.45) is 1.84. The van der Waals surface area contributed by atoms with Crippen LogP contribution >= 0.6 is 0 Å². The van der Waals surface area contributed by atoms with Gasteiger partial charge in [0.2, 0.25) is 11.5 Å². The fourth-order valence-corrected chi connectivity index (χ4v) is 3.15. The highest BCUT2D eigenvalue weighted by atomic mass is 16.5. The molecule has 1 saturated heterocycles. The average molecular weight is 381 g/mol. The Hall–Kier alpha value is -3.04. The van der Waals surface area contributed by atoms with Gasteiger partial charge in [-0.05, 0) is 25.1 Å². The molecule has 146 valence electrons. The lowest BCUT2D eigenvalue weighted by molar-refractivity contribution is 0.132. The predicted molar refractivity (Wildman–Crippen MR) is 108 cm³/mol. The smallest absolute Gasteiger partial charge is 0.249 e. The van der Waals surface area contributed by atoms with Crippen LogP contribution in [-0.4, -0.2) is 52.7 Å². The summed E-state index contributed by atoms with van der Waals surface area (Å²) in [4.78, 5) is 30.2. The number of hydrogen-bond acceptors (Lipinski definition) is 8. The average Bonchev–Trinajstić information content (AvgIpc) is 2.73. The molecule has 3 aromatic rings. The number of H-pyrrole nitrogens is 1. The predicted octanol–water partition coefficient (Wildman–Crippen LogP) is 1.40. The Bertz CT molecular complexity index is 997. The molecule has 0 aromatic carbocycles. The molecule has 4 rings (SSSR count). The molecule has 0 amide bonds. The number of aromatic amines is 1. The Balaban J connectivity index is 1.59. The first-order chi connectivity index (χ1) is 13.7. The minimum atomic E-state index is -0.210. The lowest BCUT2D eigenvalue weighted by Crippen LogP contribution is -2.43. The number of piperazine rings is 1. The van der Waals surface area contributed by atoms with Gasteiger partial charge >= 0.3 is 0 Å². The second-order valence-electron chi connectivity index (χ2n) is 6.48. The van der Waals surface area contributed by atoms with Gasteiger partial charge in [-0.2, -0.15) is 4.98 Å². The molecule has 0 unspecified atom stereocenters. The first-order valence-corrected chi connectivity index (χ1v) is 9.39. The van der Waals surface area contributed by atoms with Crippen LogP contribution in [-0.2, 0) is 11.3 Å². The maximum Gasteiger partial charge on any atom is 0.249 e. The maximum atomic E-state index is 11.7. The van der Waals surface area contributed by atoms with E-state index in [1.54, 1.807) is 6.07 Å². The molecule has 1 fully saturated rings. The number of pyridine rings is 2. The Morgan fingerprint density at radius 2 is 2.04 bits per heavy atom. The van der Waals surface area contributed by atoms with Crippen LogP contribution in [0.1, 0.15) is 12.6 Å². The Morgan fingerprint density at radius 3 is 2.79 bits per heavy atom. The Kier molecular flexibility index (Phi) is 5.45. The molecule has 9 nitrogen and oxygen atoms in total. The highest BCUT2D eigenvalue weighted by Gasteiger charge is 2.12. The fraction of sp³-hybridized carbons (Fsp3) is 0.368. The second kappa shape index (κ2) is 8.32. The molecule has 0 radical (unpaired) electrons. The number of anilines is 3. The van der Waals surface area contributed by atoms with E-state index in [1.807, 2.05) is 25.3 Å². The summed E-state index contributed by atoms with van der Waals surface area (Å²) in [5.41, 5.74) is 2.06. The van der Waals surface area contributed by atoms with Gasteiger partial charge in [-0.1, -0.05) is 0 Å². The lowest BCUT2D eigenvalue weighted by Gasteiger charge is -2.29. The van der Waals surface area contributed by atoms with E-state index in [1.165, 1.54) is 6.07 Å². The van der Waals surface area contributed by atoms with Gasteiger partial charge in [0.25, 0.3) is 0 Å². The van der Waals surface area contributed by atoms with E-state index in [0.717, 1.165) is 37.3 Å². The van der Waals surface area contributed by atoms with Gasteiger partial charge < -0.3 is 25.3 Å². The van der Waals surface area contributed by atoms with Crippen LogP contribution in [0.5, 0.6) is 0 Å². The van der Waals surface area contributed by atoms with Crippen molar-refractivity contribution in [2.75, 3.05) is 43.0 Å². The second-order valence-corrected chi connectivity index (χ2v) is 6.48. The van der Waals surface area contributed by atoms with E-state index in [9.17, 15) is 4.79 Å². The maximum absolute atomic E-state index is 11.7. The van der Waals surface area contributed by atoms with Gasteiger partial charge in [0.1, 0.15) is 11.5 Å². The zero-order valence-electron chi connectivity index (χ0n) is 15.7. The molecular weight excluding hydrogens is 358 g/mol. The van der Waals surface area contributed by atoms with Crippen LogP contribution < -0.4 is 21.1 Å². The highest BCUT2D eigenvalue weighted by molar-refractivity contribution is 5.78. The monoisotopic (exact) mass is 381 g/mol. The fourth-order valence-electron chi connectivity index (χ4n) is 3.15. The normalized spacial score (nSPS) is 14.4. The molecule has 0 saturated carbocycles. The number of hydrogen-bond donors (Lipinski definition) is 3. The summed E-state index contributed by atoms with van der Waals surface area (Å²) < 4.78 is 5.51. The summed E-state index contributed by atoms with van der Waals surface area (Å²) in [5.74, 6) is 1.00. The number of ether oxygens (including phenoxy) is 1. The van der Waals surface area contributed by atoms with Crippen LogP contribution in [0.3, 0.4) is 0 Å². The van der Waals surface area contributed by atoms with E-state index >= 15 is 0 Å². The van der Waals surface area contributed by atoms with Gasteiger partial charge in [0.05, 0.1) is 24.2 Å². The third-order valence-corrected chi connectivity index (χ3v) is 4.58. The SMILES string of the molecule is CCOCc1nc(Nc2ccc(N3CCNCC3)cn2)nc2[nH]c(=O)ccc12. The first-order valence-electron chi connectivity index (χ1n) is 9.39. The van der Waals surface area contributed by atoms with Crippen molar-refractivity contribution in [3.63, 3.8) is 0 Å². The number of nitrogens with zero attached hydrogens (tertiary/aromatic N) is 4. The van der Waals surface area contributed by atoms with Crippen molar-refractivity contribution in [3.8, 4) is 0 Å². The van der Waals surface area contributed by atoms with Crippen LogP contribution in [0.25, 0.3) is 11.0 Å². The lowest BCUT2D eigenvalue weighted by atomic mass is 10.2. The molecule has 0 aliphatic carbocycles. The van der Waals surface area contributed by atoms with Gasteiger partial charge in [-0.3, -0.25) is 4.79 Å². The summed E-state index contributed by atoms with van der Waals surface area (Å²) in [6.45, 7) is 6.73. The molecule has 3 N–H and O–H groups in total. The quantitative estimate of drug-likeness (QED) is 0.588. The van der Waals surface area contributed by atoms with Gasteiger partial charge in [0.15, 0.2) is 0 Å². The minimum Gasteiger partial charge on any atom is -0.375 e. The molecule has 0 bridgehead atoms. The van der Waals surface area contributed by atoms with Crippen LogP contribution in [0.15, 0.2) is 35.3 Å². The summed E-state index contributed by atoms with van der Waals surface area (Å²) >= 11 is 0. The van der Waals surface area contributed by atoms with Crippen molar-refractivity contribution in [2.24, 2.45) is 0 Å². The van der Waals surface area contributed by atoms with Crippen LogP contribution in [0.2, 0.25) is 0 Å². The summed E-state index contributed by atoms with van der Waals surface area (Å²) in [6, 6.07) is 7.11. The van der Waals surface area contributed by atoms with Crippen molar-refractivity contribution < 1.29 is 4.74 Å². The third kappa shape index (κ3) is 4.10. The third-order valence-electron chi connectivity index (χ3n) is 4.58. The summed E-state index contributed by atoms with van der Waals surface area (Å²) in [5, 5.41) is 7.23. The largest absolute Gasteiger partial charge is 0.375 e. The first kappa shape index (κ1) is 18.3. The number of fused-ring (bicyclic) bond motifs is 1. The number of rotatable bonds is 6. The van der Waals surface area contributed by atoms with Crippen molar-refractivity contribution >= 4 is 28.5 Å². The number of nitrogens with one attached hydrogen (secondary N) is 3. The molecule has 9 heteroatoms. The van der Waals surface area contributed by atoms with E-state index in [0.29, 0.717) is 36.3 Å². The van der Waals surface area contributed by atoms with Crippen LogP contribution in [0, 0.1) is 0 Å². The van der Waals surface area contributed by atoms with Crippen molar-refractivity contribution in [1.29, 1.82) is 0 Å². The van der Waals surface area contributed by atoms with Crippen molar-refractivity contribution in [3.05, 3.63) is 46.5 Å². The number of aromatic nitrogens is 4. The minimum absolute atomic E-state index is 0.210. The molecular formula is C19H23N7O2. The van der Waals surface area contributed by atoms with E-state index < -0.39 is 0 Å². The van der Waals surface area contributed by atoms with Crippen LogP contribution in [0.4, 0.5) is 17.5 Å². The van der Waals surface area contributed by atoms with Crippen molar-refractivity contribution in [1.82, 2.24) is 25.3 Å². The van der Waals surface area contributed by atoms with Gasteiger partial charge in [-0.25, -0.2) is 9.97 Å². The highest BCUT2D eigenvalue weighted by Crippen LogP contribution is 2.20. The summed E-state index contributed by atoms with van der Waals surface area (Å²) in [7, 11) is 0. The zero-order valence-corrected chi connectivity index (χ0v) is 15.7. The Morgan fingerprint density at radius 1 is 1.18 bits per heavy atom. The standard InChI is InChI=1S/C19H23N7O2/c1-2-28-12-15-14-4-6-17(27)24-18(14)25-19(22-15)23-16-5-3-13(11-21-16)26-9-7-20-8-10-26/h3-6,11,20H,2,7-10,12H2,1H3,(H2,21,22,23,24,25,27).